The Labute approximate surface area is 141 Å². The molecular formula is C14H13Cl2N3O2S. The van der Waals surface area contributed by atoms with Crippen LogP contribution in [0.1, 0.15) is 19.3 Å². The molecule has 8 heteroatoms. The minimum atomic E-state index is -0.452. The molecule has 116 valence electrons. The lowest BCUT2D eigenvalue weighted by Gasteiger charge is -2.08. The summed E-state index contributed by atoms with van der Waals surface area (Å²) in [6.45, 7) is 0. The number of halogens is 2. The maximum Gasteiger partial charge on any atom is 0.240 e. The third-order valence-electron chi connectivity index (χ3n) is 3.14. The van der Waals surface area contributed by atoms with Crippen LogP contribution in [-0.2, 0) is 9.59 Å². The highest BCUT2D eigenvalue weighted by Crippen LogP contribution is 2.29. The molecule has 1 atom stereocenters. The molecule has 1 aromatic rings. The minimum Gasteiger partial charge on any atom is -0.326 e. The molecule has 0 bridgehead atoms. The molecule has 1 aliphatic heterocycles. The molecule has 2 amide bonds. The van der Waals surface area contributed by atoms with Gasteiger partial charge in [0.25, 0.3) is 0 Å². The van der Waals surface area contributed by atoms with E-state index in [9.17, 15) is 9.59 Å². The van der Waals surface area contributed by atoms with E-state index in [0.717, 1.165) is 12.8 Å². The molecule has 5 nitrogen and oxygen atoms in total. The molecule has 2 aliphatic rings. The minimum absolute atomic E-state index is 0.0737. The van der Waals surface area contributed by atoms with Crippen LogP contribution in [0, 0.1) is 0 Å². The Morgan fingerprint density at radius 3 is 2.64 bits per heavy atom. The van der Waals surface area contributed by atoms with Gasteiger partial charge in [-0.1, -0.05) is 35.0 Å². The van der Waals surface area contributed by atoms with Crippen LogP contribution in [0.4, 0.5) is 5.69 Å². The second kappa shape index (κ2) is 6.48. The molecule has 1 aliphatic carbocycles. The van der Waals surface area contributed by atoms with E-state index in [1.54, 1.807) is 18.2 Å². The summed E-state index contributed by atoms with van der Waals surface area (Å²) in [6.07, 6.45) is 2.21. The Morgan fingerprint density at radius 2 is 2.00 bits per heavy atom. The van der Waals surface area contributed by atoms with Crippen LogP contribution in [0.2, 0.25) is 10.0 Å². The largest absolute Gasteiger partial charge is 0.326 e. The van der Waals surface area contributed by atoms with Crippen molar-refractivity contribution in [2.75, 3.05) is 5.32 Å². The zero-order valence-electron chi connectivity index (χ0n) is 11.4. The Kier molecular flexibility index (Phi) is 4.61. The second-order valence-corrected chi connectivity index (χ2v) is 7.24. The zero-order chi connectivity index (χ0) is 15.7. The van der Waals surface area contributed by atoms with E-state index in [2.05, 4.69) is 15.6 Å². The number of nitrogens with one attached hydrogen (secondary N) is 2. The quantitative estimate of drug-likeness (QED) is 0.869. The van der Waals surface area contributed by atoms with E-state index < -0.39 is 5.25 Å². The lowest BCUT2D eigenvalue weighted by Crippen LogP contribution is -2.28. The fourth-order valence-electron chi connectivity index (χ4n) is 1.98. The zero-order valence-corrected chi connectivity index (χ0v) is 13.8. The number of carbonyl (C=O) groups excluding carboxylic acids is 2. The number of aliphatic imine (C=N–C) groups is 1. The first kappa shape index (κ1) is 15.6. The molecule has 1 saturated carbocycles. The molecule has 0 radical (unpaired) electrons. The van der Waals surface area contributed by atoms with Gasteiger partial charge in [0.15, 0.2) is 5.17 Å². The Hall–Kier alpha value is -1.24. The molecule has 2 N–H and O–H groups in total. The van der Waals surface area contributed by atoms with Crippen LogP contribution in [0.15, 0.2) is 23.2 Å². The molecule has 2 fully saturated rings. The van der Waals surface area contributed by atoms with Crippen molar-refractivity contribution in [1.29, 1.82) is 0 Å². The third-order valence-corrected chi connectivity index (χ3v) is 4.67. The third kappa shape index (κ3) is 4.15. The highest BCUT2D eigenvalue weighted by Gasteiger charge is 2.33. The van der Waals surface area contributed by atoms with Crippen molar-refractivity contribution in [3.05, 3.63) is 28.2 Å². The van der Waals surface area contributed by atoms with Gasteiger partial charge in [0, 0.05) is 22.2 Å². The molecule has 1 aromatic carbocycles. The number of benzene rings is 1. The van der Waals surface area contributed by atoms with Gasteiger partial charge in [-0.3, -0.25) is 14.6 Å². The maximum atomic E-state index is 12.0. The van der Waals surface area contributed by atoms with Crippen molar-refractivity contribution in [3.8, 4) is 0 Å². The van der Waals surface area contributed by atoms with E-state index in [1.165, 1.54) is 11.8 Å². The molecule has 0 spiro atoms. The predicted molar refractivity (Wildman–Crippen MR) is 89.7 cm³/mol. The predicted octanol–water partition coefficient (Wildman–Crippen LogP) is 3.07. The van der Waals surface area contributed by atoms with Gasteiger partial charge in [-0.15, -0.1) is 0 Å². The van der Waals surface area contributed by atoms with Crippen molar-refractivity contribution in [2.24, 2.45) is 4.99 Å². The van der Waals surface area contributed by atoms with Crippen LogP contribution in [0.5, 0.6) is 0 Å². The number of carbonyl (C=O) groups is 2. The van der Waals surface area contributed by atoms with E-state index in [1.807, 2.05) is 0 Å². The summed E-state index contributed by atoms with van der Waals surface area (Å²) < 4.78 is 0. The summed E-state index contributed by atoms with van der Waals surface area (Å²) in [5, 5.41) is 6.46. The normalized spacial score (nSPS) is 22.7. The average Bonchev–Trinajstić information content (AvgIpc) is 3.13. The van der Waals surface area contributed by atoms with Crippen molar-refractivity contribution in [2.45, 2.75) is 30.6 Å². The smallest absolute Gasteiger partial charge is 0.240 e. The Balaban J connectivity index is 1.58. The van der Waals surface area contributed by atoms with Crippen LogP contribution < -0.4 is 10.6 Å². The van der Waals surface area contributed by atoms with Gasteiger partial charge in [-0.2, -0.15) is 0 Å². The van der Waals surface area contributed by atoms with Gasteiger partial charge in [0.05, 0.1) is 6.04 Å². The highest BCUT2D eigenvalue weighted by molar-refractivity contribution is 8.15. The van der Waals surface area contributed by atoms with E-state index >= 15 is 0 Å². The Morgan fingerprint density at radius 1 is 1.32 bits per heavy atom. The SMILES string of the molecule is O=C(CC1SC(=NC2CC2)NC1=O)Nc1cc(Cl)cc(Cl)c1. The molecule has 3 rings (SSSR count). The van der Waals surface area contributed by atoms with Gasteiger partial charge in [0.2, 0.25) is 11.8 Å². The lowest BCUT2D eigenvalue weighted by molar-refractivity contribution is -0.122. The summed E-state index contributed by atoms with van der Waals surface area (Å²) in [5.74, 6) is -0.442. The first-order chi connectivity index (χ1) is 10.5. The van der Waals surface area contributed by atoms with Crippen molar-refractivity contribution in [3.63, 3.8) is 0 Å². The summed E-state index contributed by atoms with van der Waals surface area (Å²) in [6, 6.07) is 5.13. The van der Waals surface area contributed by atoms with Gasteiger partial charge in [-0.25, -0.2) is 0 Å². The first-order valence-corrected chi connectivity index (χ1v) is 8.44. The second-order valence-electron chi connectivity index (χ2n) is 5.17. The van der Waals surface area contributed by atoms with Crippen LogP contribution in [0.25, 0.3) is 0 Å². The van der Waals surface area contributed by atoms with Crippen LogP contribution in [0.3, 0.4) is 0 Å². The highest BCUT2D eigenvalue weighted by atomic mass is 35.5. The fraction of sp³-hybridized carbons (Fsp3) is 0.357. The number of anilines is 1. The van der Waals surface area contributed by atoms with E-state index in [4.69, 9.17) is 23.2 Å². The summed E-state index contributed by atoms with van der Waals surface area (Å²) >= 11 is 13.1. The van der Waals surface area contributed by atoms with Gasteiger partial charge in [-0.05, 0) is 31.0 Å². The van der Waals surface area contributed by atoms with Crippen LogP contribution in [-0.4, -0.2) is 28.3 Å². The number of nitrogens with zero attached hydrogens (tertiary/aromatic N) is 1. The summed E-state index contributed by atoms with van der Waals surface area (Å²) in [7, 11) is 0. The van der Waals surface area contributed by atoms with Gasteiger partial charge >= 0.3 is 0 Å². The topological polar surface area (TPSA) is 70.6 Å². The number of amidine groups is 1. The number of thioether (sulfide) groups is 1. The number of hydrogen-bond donors (Lipinski definition) is 2. The number of rotatable bonds is 4. The monoisotopic (exact) mass is 357 g/mol. The lowest BCUT2D eigenvalue weighted by atomic mass is 10.2. The van der Waals surface area contributed by atoms with Gasteiger partial charge in [0.1, 0.15) is 5.25 Å². The first-order valence-electron chi connectivity index (χ1n) is 6.81. The van der Waals surface area contributed by atoms with E-state index in [0.29, 0.717) is 26.9 Å². The van der Waals surface area contributed by atoms with Crippen molar-refractivity contribution < 1.29 is 9.59 Å². The molecular weight excluding hydrogens is 345 g/mol. The molecule has 1 unspecified atom stereocenters. The maximum absolute atomic E-state index is 12.0. The molecule has 1 saturated heterocycles. The van der Waals surface area contributed by atoms with E-state index in [-0.39, 0.29) is 18.2 Å². The van der Waals surface area contributed by atoms with Crippen molar-refractivity contribution in [1.82, 2.24) is 5.32 Å². The number of amides is 2. The van der Waals surface area contributed by atoms with Gasteiger partial charge < -0.3 is 10.6 Å². The van der Waals surface area contributed by atoms with Crippen LogP contribution >= 0.6 is 35.0 Å². The van der Waals surface area contributed by atoms with Crippen molar-refractivity contribution >= 4 is 57.6 Å². The molecule has 1 heterocycles. The molecule has 22 heavy (non-hydrogen) atoms. The summed E-state index contributed by atoms with van der Waals surface area (Å²) in [5.41, 5.74) is 0.512. The fourth-order valence-corrected chi connectivity index (χ4v) is 3.54. The number of hydrogen-bond acceptors (Lipinski definition) is 4. The average molecular weight is 358 g/mol. The Bertz CT molecular complexity index is 641. The standard InChI is InChI=1S/C14H13Cl2N3O2S/c15-7-3-8(16)5-10(4-7)17-12(20)6-11-13(21)19-14(22-11)18-9-1-2-9/h3-5,9,11H,1-2,6H2,(H,17,20)(H,18,19,21). The summed E-state index contributed by atoms with van der Waals surface area (Å²) in [4.78, 5) is 28.3. The molecule has 0 aromatic heterocycles.